The zero-order valence-corrected chi connectivity index (χ0v) is 11.0. The Labute approximate surface area is 115 Å². The topological polar surface area (TPSA) is 63.4 Å². The first-order valence-corrected chi connectivity index (χ1v) is 6.40. The highest BCUT2D eigenvalue weighted by atomic mass is 35.5. The maximum Gasteiger partial charge on any atom is 0.240 e. The average molecular weight is 285 g/mol. The molecule has 1 aliphatic rings. The molecule has 1 aromatic rings. The predicted octanol–water partition coefficient (Wildman–Crippen LogP) is 1.50. The Morgan fingerprint density at radius 2 is 2.21 bits per heavy atom. The monoisotopic (exact) mass is 284 g/mol. The summed E-state index contributed by atoms with van der Waals surface area (Å²) in [5.74, 6) is -1.41. The van der Waals surface area contributed by atoms with Crippen LogP contribution in [0.4, 0.5) is 4.39 Å². The maximum atomic E-state index is 13.7. The summed E-state index contributed by atoms with van der Waals surface area (Å²) in [6, 6.07) is 3.94. The van der Waals surface area contributed by atoms with Crippen molar-refractivity contribution >= 4 is 23.4 Å². The Balaban J connectivity index is 2.13. The summed E-state index contributed by atoms with van der Waals surface area (Å²) in [6.45, 7) is 0.481. The lowest BCUT2D eigenvalue weighted by Crippen LogP contribution is -2.44. The van der Waals surface area contributed by atoms with E-state index in [4.69, 9.17) is 17.3 Å². The molecule has 0 radical (unpaired) electrons. The van der Waals surface area contributed by atoms with Gasteiger partial charge in [0.15, 0.2) is 0 Å². The first-order valence-electron chi connectivity index (χ1n) is 6.02. The van der Waals surface area contributed by atoms with Crippen LogP contribution in [0.25, 0.3) is 0 Å². The van der Waals surface area contributed by atoms with Gasteiger partial charge in [-0.25, -0.2) is 4.39 Å². The van der Waals surface area contributed by atoms with Gasteiger partial charge in [0, 0.05) is 6.54 Å². The number of amides is 2. The van der Waals surface area contributed by atoms with E-state index in [0.717, 1.165) is 6.42 Å². The van der Waals surface area contributed by atoms with Crippen LogP contribution in [0, 0.1) is 5.82 Å². The van der Waals surface area contributed by atoms with Crippen molar-refractivity contribution in [2.75, 3.05) is 6.54 Å². The fourth-order valence-corrected chi connectivity index (χ4v) is 2.50. The van der Waals surface area contributed by atoms with Crippen LogP contribution >= 0.6 is 11.6 Å². The van der Waals surface area contributed by atoms with E-state index in [-0.39, 0.29) is 22.9 Å². The number of carbonyl (C=O) groups excluding carboxylic acids is 2. The third kappa shape index (κ3) is 2.87. The van der Waals surface area contributed by atoms with E-state index in [9.17, 15) is 14.0 Å². The van der Waals surface area contributed by atoms with Crippen molar-refractivity contribution in [3.8, 4) is 0 Å². The summed E-state index contributed by atoms with van der Waals surface area (Å²) >= 11 is 5.66. The molecule has 102 valence electrons. The van der Waals surface area contributed by atoms with Gasteiger partial charge < -0.3 is 10.6 Å². The van der Waals surface area contributed by atoms with Gasteiger partial charge >= 0.3 is 0 Å². The van der Waals surface area contributed by atoms with Crippen molar-refractivity contribution in [2.24, 2.45) is 5.73 Å². The van der Waals surface area contributed by atoms with Crippen molar-refractivity contribution in [1.29, 1.82) is 0 Å². The molecule has 0 aromatic heterocycles. The minimum Gasteiger partial charge on any atom is -0.368 e. The standard InChI is InChI=1S/C13H14ClFN2O2/c14-9-4-1-3-8(12(9)15)7-11(18)17-6-2-5-10(17)13(16)19/h1,3-4,10H,2,5-7H2,(H2,16,19)/t10-/m1/s1. The van der Waals surface area contributed by atoms with Crippen LogP contribution in [0.1, 0.15) is 18.4 Å². The Hall–Kier alpha value is -1.62. The lowest BCUT2D eigenvalue weighted by molar-refractivity contribution is -0.136. The molecule has 4 nitrogen and oxygen atoms in total. The number of nitrogens with two attached hydrogens (primary N) is 1. The highest BCUT2D eigenvalue weighted by molar-refractivity contribution is 6.30. The van der Waals surface area contributed by atoms with Gasteiger partial charge in [0.25, 0.3) is 0 Å². The second-order valence-corrected chi connectivity index (χ2v) is 4.94. The molecule has 0 unspecified atom stereocenters. The maximum absolute atomic E-state index is 13.7. The summed E-state index contributed by atoms with van der Waals surface area (Å²) in [6.07, 6.45) is 1.19. The molecule has 0 spiro atoms. The van der Waals surface area contributed by atoms with E-state index in [2.05, 4.69) is 0 Å². The minimum atomic E-state index is -0.590. The molecular formula is C13H14ClFN2O2. The van der Waals surface area contributed by atoms with Gasteiger partial charge in [0.1, 0.15) is 11.9 Å². The SMILES string of the molecule is NC(=O)[C@H]1CCCN1C(=O)Cc1cccc(Cl)c1F. The van der Waals surface area contributed by atoms with Gasteiger partial charge in [-0.2, -0.15) is 0 Å². The molecule has 6 heteroatoms. The molecule has 1 aromatic carbocycles. The second kappa shape index (κ2) is 5.57. The van der Waals surface area contributed by atoms with Gasteiger partial charge in [-0.3, -0.25) is 9.59 Å². The molecule has 0 aliphatic carbocycles. The second-order valence-electron chi connectivity index (χ2n) is 4.54. The van der Waals surface area contributed by atoms with Crippen LogP contribution in [0.3, 0.4) is 0 Å². The van der Waals surface area contributed by atoms with Crippen molar-refractivity contribution < 1.29 is 14.0 Å². The van der Waals surface area contributed by atoms with Crippen LogP contribution < -0.4 is 5.73 Å². The number of likely N-dealkylation sites (tertiary alicyclic amines) is 1. The van der Waals surface area contributed by atoms with Crippen LogP contribution in [-0.2, 0) is 16.0 Å². The normalized spacial score (nSPS) is 18.6. The van der Waals surface area contributed by atoms with Gasteiger partial charge in [0.05, 0.1) is 11.4 Å². The van der Waals surface area contributed by atoms with Crippen LogP contribution in [-0.4, -0.2) is 29.3 Å². The van der Waals surface area contributed by atoms with E-state index < -0.39 is 17.8 Å². The van der Waals surface area contributed by atoms with Crippen LogP contribution in [0.15, 0.2) is 18.2 Å². The number of carbonyl (C=O) groups is 2. The zero-order valence-electron chi connectivity index (χ0n) is 10.2. The molecule has 1 saturated heterocycles. The van der Waals surface area contributed by atoms with E-state index in [1.54, 1.807) is 6.07 Å². The van der Waals surface area contributed by atoms with Crippen molar-refractivity contribution in [2.45, 2.75) is 25.3 Å². The number of rotatable bonds is 3. The quantitative estimate of drug-likeness (QED) is 0.914. The first-order chi connectivity index (χ1) is 9.00. The van der Waals surface area contributed by atoms with Gasteiger partial charge in [-0.15, -0.1) is 0 Å². The van der Waals surface area contributed by atoms with Gasteiger partial charge in [-0.05, 0) is 24.5 Å². The fourth-order valence-electron chi connectivity index (χ4n) is 2.31. The molecular weight excluding hydrogens is 271 g/mol. The molecule has 19 heavy (non-hydrogen) atoms. The van der Waals surface area contributed by atoms with Crippen LogP contribution in [0.2, 0.25) is 5.02 Å². The summed E-state index contributed by atoms with van der Waals surface area (Å²) < 4.78 is 13.7. The minimum absolute atomic E-state index is 0.0156. The predicted molar refractivity (Wildman–Crippen MR) is 69.0 cm³/mol. The molecule has 2 rings (SSSR count). The van der Waals surface area contributed by atoms with E-state index >= 15 is 0 Å². The number of halogens is 2. The zero-order chi connectivity index (χ0) is 14.0. The van der Waals surface area contributed by atoms with Crippen LogP contribution in [0.5, 0.6) is 0 Å². The summed E-state index contributed by atoms with van der Waals surface area (Å²) in [5.41, 5.74) is 5.47. The number of benzene rings is 1. The number of hydrogen-bond acceptors (Lipinski definition) is 2. The van der Waals surface area contributed by atoms with E-state index in [1.165, 1.54) is 17.0 Å². The van der Waals surface area contributed by atoms with Gasteiger partial charge in [-0.1, -0.05) is 23.7 Å². The molecule has 1 atom stereocenters. The average Bonchev–Trinajstić information content (AvgIpc) is 2.84. The van der Waals surface area contributed by atoms with Gasteiger partial charge in [0.2, 0.25) is 11.8 Å². The lowest BCUT2D eigenvalue weighted by atomic mass is 10.1. The Morgan fingerprint density at radius 3 is 2.89 bits per heavy atom. The van der Waals surface area contributed by atoms with Crippen molar-refractivity contribution in [1.82, 2.24) is 4.90 Å². The van der Waals surface area contributed by atoms with Crippen molar-refractivity contribution in [3.63, 3.8) is 0 Å². The summed E-state index contributed by atoms with van der Waals surface area (Å²) in [5, 5.41) is -0.0156. The highest BCUT2D eigenvalue weighted by Crippen LogP contribution is 2.21. The van der Waals surface area contributed by atoms with E-state index in [1.807, 2.05) is 0 Å². The number of hydrogen-bond donors (Lipinski definition) is 1. The highest BCUT2D eigenvalue weighted by Gasteiger charge is 2.32. The molecule has 2 N–H and O–H groups in total. The fraction of sp³-hybridized carbons (Fsp3) is 0.385. The lowest BCUT2D eigenvalue weighted by Gasteiger charge is -2.22. The molecule has 1 aliphatic heterocycles. The third-order valence-corrected chi connectivity index (χ3v) is 3.57. The molecule has 1 heterocycles. The number of nitrogens with zero attached hydrogens (tertiary/aromatic N) is 1. The molecule has 2 amide bonds. The first kappa shape index (κ1) is 13.8. The van der Waals surface area contributed by atoms with E-state index in [0.29, 0.717) is 13.0 Å². The number of primary amides is 1. The summed E-state index contributed by atoms with van der Waals surface area (Å²) in [7, 11) is 0. The molecule has 1 fully saturated rings. The molecule has 0 bridgehead atoms. The Kier molecular flexibility index (Phi) is 4.04. The Morgan fingerprint density at radius 1 is 1.47 bits per heavy atom. The smallest absolute Gasteiger partial charge is 0.240 e. The Bertz CT molecular complexity index is 521. The summed E-state index contributed by atoms with van der Waals surface area (Å²) in [4.78, 5) is 24.7. The van der Waals surface area contributed by atoms with Crippen molar-refractivity contribution in [3.05, 3.63) is 34.6 Å². The third-order valence-electron chi connectivity index (χ3n) is 3.27. The molecule has 0 saturated carbocycles. The largest absolute Gasteiger partial charge is 0.368 e.